The van der Waals surface area contributed by atoms with Crippen molar-refractivity contribution < 1.29 is 14.6 Å². The molecule has 1 saturated heterocycles. The van der Waals surface area contributed by atoms with Gasteiger partial charge in [0.25, 0.3) is 0 Å². The lowest BCUT2D eigenvalue weighted by molar-refractivity contribution is -0.140. The molecule has 0 spiro atoms. The standard InChI is InChI=1S/C17H22N4O3S/c22-8-5-21(13-15-19-4-11-25-15)17(23)16(14-2-1-3-18-12-14)20-6-9-24-10-7-20/h1-4,11-12,16,22H,5-10,13H2. The van der Waals surface area contributed by atoms with Gasteiger partial charge in [0.1, 0.15) is 11.0 Å². The number of ether oxygens (including phenoxy) is 1. The van der Waals surface area contributed by atoms with Gasteiger partial charge < -0.3 is 14.7 Å². The quantitative estimate of drug-likeness (QED) is 0.790. The van der Waals surface area contributed by atoms with Crippen LogP contribution < -0.4 is 0 Å². The number of nitrogens with zero attached hydrogens (tertiary/aromatic N) is 4. The molecule has 1 amide bonds. The molecule has 0 radical (unpaired) electrons. The summed E-state index contributed by atoms with van der Waals surface area (Å²) in [7, 11) is 0. The second-order valence-corrected chi connectivity index (χ2v) is 6.73. The number of aliphatic hydroxyl groups is 1. The van der Waals surface area contributed by atoms with Crippen molar-refractivity contribution in [1.29, 1.82) is 0 Å². The Labute approximate surface area is 150 Å². The Morgan fingerprint density at radius 1 is 1.40 bits per heavy atom. The van der Waals surface area contributed by atoms with E-state index in [2.05, 4.69) is 14.9 Å². The van der Waals surface area contributed by atoms with Crippen LogP contribution in [0.15, 0.2) is 36.1 Å². The molecule has 0 aliphatic carbocycles. The van der Waals surface area contributed by atoms with Gasteiger partial charge in [-0.3, -0.25) is 14.7 Å². The zero-order valence-corrected chi connectivity index (χ0v) is 14.8. The first kappa shape index (κ1) is 17.9. The fourth-order valence-electron chi connectivity index (χ4n) is 2.94. The van der Waals surface area contributed by atoms with Crippen LogP contribution in [0.25, 0.3) is 0 Å². The second kappa shape index (κ2) is 9.00. The van der Waals surface area contributed by atoms with Gasteiger partial charge >= 0.3 is 0 Å². The molecular formula is C17H22N4O3S. The molecule has 3 heterocycles. The van der Waals surface area contributed by atoms with E-state index in [4.69, 9.17) is 4.74 Å². The van der Waals surface area contributed by atoms with Gasteiger partial charge in [-0.25, -0.2) is 4.98 Å². The summed E-state index contributed by atoms with van der Waals surface area (Å²) in [4.78, 5) is 25.6. The number of thiazole rings is 1. The van der Waals surface area contributed by atoms with Gasteiger partial charge in [0.2, 0.25) is 5.91 Å². The molecule has 1 N–H and O–H groups in total. The van der Waals surface area contributed by atoms with Crippen molar-refractivity contribution in [3.05, 3.63) is 46.7 Å². The normalized spacial score (nSPS) is 16.5. The summed E-state index contributed by atoms with van der Waals surface area (Å²) in [5.41, 5.74) is 0.858. The third-order valence-corrected chi connectivity index (χ3v) is 4.90. The van der Waals surface area contributed by atoms with Gasteiger partial charge in [0.05, 0.1) is 26.4 Å². The maximum atomic E-state index is 13.3. The Kier molecular flexibility index (Phi) is 6.46. The fourth-order valence-corrected chi connectivity index (χ4v) is 3.57. The van der Waals surface area contributed by atoms with Crippen molar-refractivity contribution in [2.75, 3.05) is 39.5 Å². The minimum absolute atomic E-state index is 0.0425. The number of aliphatic hydroxyl groups excluding tert-OH is 1. The average Bonchev–Trinajstić information content (AvgIpc) is 3.16. The minimum Gasteiger partial charge on any atom is -0.395 e. The molecular weight excluding hydrogens is 340 g/mol. The Morgan fingerprint density at radius 3 is 2.88 bits per heavy atom. The van der Waals surface area contributed by atoms with E-state index < -0.39 is 6.04 Å². The van der Waals surface area contributed by atoms with Crippen LogP contribution >= 0.6 is 11.3 Å². The number of amides is 1. The molecule has 2 aromatic heterocycles. The van der Waals surface area contributed by atoms with Crippen molar-refractivity contribution >= 4 is 17.2 Å². The number of pyridine rings is 1. The van der Waals surface area contributed by atoms with E-state index in [0.717, 1.165) is 10.6 Å². The van der Waals surface area contributed by atoms with E-state index in [0.29, 0.717) is 32.8 Å². The summed E-state index contributed by atoms with van der Waals surface area (Å²) in [6.45, 7) is 3.19. The van der Waals surface area contributed by atoms with E-state index in [-0.39, 0.29) is 19.1 Å². The lowest BCUT2D eigenvalue weighted by Crippen LogP contribution is -2.47. The highest BCUT2D eigenvalue weighted by molar-refractivity contribution is 7.09. The molecule has 1 aliphatic heterocycles. The first-order chi connectivity index (χ1) is 12.3. The highest BCUT2D eigenvalue weighted by Gasteiger charge is 2.32. The van der Waals surface area contributed by atoms with E-state index in [1.54, 1.807) is 23.5 Å². The van der Waals surface area contributed by atoms with Crippen molar-refractivity contribution in [2.24, 2.45) is 0 Å². The zero-order chi connectivity index (χ0) is 17.5. The molecule has 1 atom stereocenters. The zero-order valence-electron chi connectivity index (χ0n) is 14.0. The molecule has 2 aromatic rings. The molecule has 0 bridgehead atoms. The summed E-state index contributed by atoms with van der Waals surface area (Å²) in [6, 6.07) is 3.34. The van der Waals surface area contributed by atoms with Crippen molar-refractivity contribution in [1.82, 2.24) is 19.8 Å². The predicted molar refractivity (Wildman–Crippen MR) is 94.0 cm³/mol. The molecule has 8 heteroatoms. The fraction of sp³-hybridized carbons (Fsp3) is 0.471. The number of rotatable bonds is 7. The van der Waals surface area contributed by atoms with Crippen LogP contribution in [-0.4, -0.2) is 70.2 Å². The summed E-state index contributed by atoms with van der Waals surface area (Å²) in [5.74, 6) is -0.0425. The monoisotopic (exact) mass is 362 g/mol. The molecule has 0 aromatic carbocycles. The van der Waals surface area contributed by atoms with Crippen LogP contribution in [0.1, 0.15) is 16.6 Å². The Bertz CT molecular complexity index is 647. The van der Waals surface area contributed by atoms with Crippen LogP contribution in [-0.2, 0) is 16.1 Å². The lowest BCUT2D eigenvalue weighted by Gasteiger charge is -2.36. The number of hydrogen-bond acceptors (Lipinski definition) is 7. The van der Waals surface area contributed by atoms with Crippen LogP contribution in [0.4, 0.5) is 0 Å². The number of carbonyl (C=O) groups excluding carboxylic acids is 1. The van der Waals surface area contributed by atoms with Gasteiger partial charge in [0, 0.05) is 43.6 Å². The van der Waals surface area contributed by atoms with Crippen LogP contribution in [0, 0.1) is 0 Å². The summed E-state index contributed by atoms with van der Waals surface area (Å²) < 4.78 is 5.43. The summed E-state index contributed by atoms with van der Waals surface area (Å²) >= 11 is 1.51. The molecule has 1 aliphatic rings. The van der Waals surface area contributed by atoms with Gasteiger partial charge in [-0.15, -0.1) is 11.3 Å². The minimum atomic E-state index is -0.427. The Hall–Kier alpha value is -1.87. The summed E-state index contributed by atoms with van der Waals surface area (Å²) in [6.07, 6.45) is 5.16. The van der Waals surface area contributed by atoms with E-state index in [9.17, 15) is 9.90 Å². The van der Waals surface area contributed by atoms with E-state index >= 15 is 0 Å². The van der Waals surface area contributed by atoms with Gasteiger partial charge in [0.15, 0.2) is 0 Å². The first-order valence-corrected chi connectivity index (χ1v) is 9.17. The first-order valence-electron chi connectivity index (χ1n) is 8.29. The summed E-state index contributed by atoms with van der Waals surface area (Å²) in [5, 5.41) is 12.2. The second-order valence-electron chi connectivity index (χ2n) is 5.75. The average molecular weight is 362 g/mol. The number of hydrogen-bond donors (Lipinski definition) is 1. The maximum absolute atomic E-state index is 13.3. The topological polar surface area (TPSA) is 78.8 Å². The molecule has 3 rings (SSSR count). The highest BCUT2D eigenvalue weighted by Crippen LogP contribution is 2.25. The van der Waals surface area contributed by atoms with E-state index in [1.807, 2.05) is 17.5 Å². The van der Waals surface area contributed by atoms with Crippen LogP contribution in [0.3, 0.4) is 0 Å². The molecule has 25 heavy (non-hydrogen) atoms. The maximum Gasteiger partial charge on any atom is 0.245 e. The molecule has 134 valence electrons. The van der Waals surface area contributed by atoms with Gasteiger partial charge in [-0.1, -0.05) is 6.07 Å². The number of morpholine rings is 1. The van der Waals surface area contributed by atoms with Gasteiger partial charge in [-0.05, 0) is 11.6 Å². The molecule has 1 fully saturated rings. The van der Waals surface area contributed by atoms with Crippen molar-refractivity contribution in [3.63, 3.8) is 0 Å². The third-order valence-electron chi connectivity index (χ3n) is 4.14. The SMILES string of the molecule is O=C(C(c1cccnc1)N1CCOCC1)N(CCO)Cc1nccs1. The Balaban J connectivity index is 1.85. The smallest absolute Gasteiger partial charge is 0.245 e. The van der Waals surface area contributed by atoms with Crippen molar-refractivity contribution in [3.8, 4) is 0 Å². The molecule has 0 saturated carbocycles. The number of carbonyl (C=O) groups is 1. The Morgan fingerprint density at radius 2 is 2.24 bits per heavy atom. The van der Waals surface area contributed by atoms with E-state index in [1.165, 1.54) is 11.3 Å². The predicted octanol–water partition coefficient (Wildman–Crippen LogP) is 0.932. The third kappa shape index (κ3) is 4.60. The largest absolute Gasteiger partial charge is 0.395 e. The van der Waals surface area contributed by atoms with Crippen LogP contribution in [0.2, 0.25) is 0 Å². The lowest BCUT2D eigenvalue weighted by atomic mass is 10.1. The van der Waals surface area contributed by atoms with Gasteiger partial charge in [-0.2, -0.15) is 0 Å². The molecule has 1 unspecified atom stereocenters. The van der Waals surface area contributed by atoms with Crippen molar-refractivity contribution in [2.45, 2.75) is 12.6 Å². The molecule has 7 nitrogen and oxygen atoms in total. The highest BCUT2D eigenvalue weighted by atomic mass is 32.1. The number of aromatic nitrogens is 2. The van der Waals surface area contributed by atoms with Crippen LogP contribution in [0.5, 0.6) is 0 Å².